The van der Waals surface area contributed by atoms with Gasteiger partial charge in [-0.2, -0.15) is 15.1 Å². The summed E-state index contributed by atoms with van der Waals surface area (Å²) < 4.78 is 22.0. The van der Waals surface area contributed by atoms with Crippen molar-refractivity contribution >= 4 is 70.7 Å². The summed E-state index contributed by atoms with van der Waals surface area (Å²) in [6, 6.07) is 11.4. The molecule has 6 aromatic rings. The molecule has 4 aromatic heterocycles. The highest BCUT2D eigenvalue weighted by molar-refractivity contribution is 7.26. The zero-order valence-corrected chi connectivity index (χ0v) is 26.7. The average Bonchev–Trinajstić information content (AvgIpc) is 3.87. The number of alkyl halides is 1. The van der Waals surface area contributed by atoms with Crippen molar-refractivity contribution in [2.24, 2.45) is 0 Å². The molecule has 4 saturated heterocycles. The van der Waals surface area contributed by atoms with E-state index in [4.69, 9.17) is 31.3 Å². The van der Waals surface area contributed by atoms with Crippen molar-refractivity contribution in [3.05, 3.63) is 47.7 Å². The molecule has 4 aliphatic rings. The fraction of sp³-hybridized carbons (Fsp3) is 0.412. The Kier molecular flexibility index (Phi) is 6.08. The van der Waals surface area contributed by atoms with E-state index in [0.29, 0.717) is 42.7 Å². The van der Waals surface area contributed by atoms with Gasteiger partial charge in [0, 0.05) is 71.1 Å². The first-order chi connectivity index (χ1) is 22.5. The molecule has 2 aromatic carbocycles. The van der Waals surface area contributed by atoms with Gasteiger partial charge in [-0.15, -0.1) is 11.3 Å². The number of rotatable bonds is 5. The summed E-state index contributed by atoms with van der Waals surface area (Å²) in [5.74, 6) is 0.904. The molecule has 2 bridgehead atoms. The highest BCUT2D eigenvalue weighted by Crippen LogP contribution is 2.47. The molecule has 0 saturated carbocycles. The fourth-order valence-corrected chi connectivity index (χ4v) is 10.1. The number of H-pyrrole nitrogens is 1. The van der Waals surface area contributed by atoms with Crippen molar-refractivity contribution in [1.82, 2.24) is 35.4 Å². The zero-order valence-electron chi connectivity index (χ0n) is 25.1. The fourth-order valence-electron chi connectivity index (χ4n) is 8.72. The number of pyridine rings is 1. The lowest BCUT2D eigenvalue weighted by molar-refractivity contribution is 0.107. The molecular weight excluding hydrogens is 623 g/mol. The van der Waals surface area contributed by atoms with E-state index < -0.39 is 6.17 Å². The predicted molar refractivity (Wildman–Crippen MR) is 181 cm³/mol. The first kappa shape index (κ1) is 27.5. The number of halogens is 2. The Balaban J connectivity index is 1.17. The summed E-state index contributed by atoms with van der Waals surface area (Å²) in [6.07, 6.45) is 7.78. The third-order valence-electron chi connectivity index (χ3n) is 10.7. The van der Waals surface area contributed by atoms with Crippen molar-refractivity contribution in [3.8, 4) is 17.3 Å². The number of thiophene rings is 1. The molecule has 234 valence electrons. The molecule has 4 atom stereocenters. The summed E-state index contributed by atoms with van der Waals surface area (Å²) in [5, 5.41) is 17.0. The Morgan fingerprint density at radius 2 is 1.98 bits per heavy atom. The maximum absolute atomic E-state index is 14.5. The van der Waals surface area contributed by atoms with Gasteiger partial charge in [-0.05, 0) is 55.8 Å². The number of nitrogens with zero attached hydrogens (tertiary/aromatic N) is 6. The van der Waals surface area contributed by atoms with Crippen LogP contribution in [-0.4, -0.2) is 86.6 Å². The maximum Gasteiger partial charge on any atom is 0.319 e. The number of nitrogens with one attached hydrogen (secondary N) is 2. The number of hydrogen-bond donors (Lipinski definition) is 2. The zero-order chi connectivity index (χ0) is 30.6. The molecule has 0 spiro atoms. The van der Waals surface area contributed by atoms with Crippen molar-refractivity contribution < 1.29 is 9.13 Å². The standard InChI is InChI=1S/C34H32ClFN8OS/c35-24-4-1-3-18-11-25-23(13-38-42-25)27(26(18)24)29-30-22(7-9-37-29)28-31(43-15-20-5-6-21(16-43)39-20)40-33(41-32(28)46-30)45-17-34-8-2-10-44(34)14-19(36)12-34/h1,3-4,7,9,11,13,19-21,39H,2,5-6,8,10,12,14-17H2,(H,38,42)/t19-,20-,21+,34+/m1/s1. The molecule has 12 heteroatoms. The van der Waals surface area contributed by atoms with Gasteiger partial charge < -0.3 is 15.0 Å². The molecule has 4 aliphatic heterocycles. The molecule has 10 rings (SSSR count). The maximum atomic E-state index is 14.5. The number of hydrogen-bond acceptors (Lipinski definition) is 9. The first-order valence-corrected chi connectivity index (χ1v) is 17.4. The number of fused-ring (bicyclic) bond motifs is 8. The van der Waals surface area contributed by atoms with Crippen molar-refractivity contribution in [2.45, 2.75) is 55.9 Å². The molecule has 0 amide bonds. The van der Waals surface area contributed by atoms with Gasteiger partial charge in [-0.25, -0.2) is 4.39 Å². The van der Waals surface area contributed by atoms with E-state index in [9.17, 15) is 4.39 Å². The Bertz CT molecular complexity index is 2180. The number of aromatic amines is 1. The third-order valence-corrected chi connectivity index (χ3v) is 12.1. The molecule has 46 heavy (non-hydrogen) atoms. The molecular formula is C34H32ClFN8OS. The van der Waals surface area contributed by atoms with Gasteiger partial charge in [-0.3, -0.25) is 15.0 Å². The minimum Gasteiger partial charge on any atom is -0.461 e. The Morgan fingerprint density at radius 1 is 1.09 bits per heavy atom. The Hall–Kier alpha value is -3.64. The molecule has 2 N–H and O–H groups in total. The van der Waals surface area contributed by atoms with Crippen LogP contribution in [0.1, 0.15) is 32.1 Å². The van der Waals surface area contributed by atoms with Gasteiger partial charge in [0.25, 0.3) is 0 Å². The van der Waals surface area contributed by atoms with E-state index >= 15 is 0 Å². The van der Waals surface area contributed by atoms with E-state index in [1.165, 1.54) is 12.8 Å². The van der Waals surface area contributed by atoms with Crippen LogP contribution in [0, 0.1) is 0 Å². The van der Waals surface area contributed by atoms with E-state index in [0.717, 1.165) is 91.5 Å². The summed E-state index contributed by atoms with van der Waals surface area (Å²) in [4.78, 5) is 20.7. The van der Waals surface area contributed by atoms with Crippen LogP contribution in [0.5, 0.6) is 6.01 Å². The first-order valence-electron chi connectivity index (χ1n) is 16.2. The van der Waals surface area contributed by atoms with Gasteiger partial charge in [0.15, 0.2) is 0 Å². The largest absolute Gasteiger partial charge is 0.461 e. The monoisotopic (exact) mass is 654 g/mol. The van der Waals surface area contributed by atoms with Crippen LogP contribution in [0.4, 0.5) is 10.2 Å². The molecule has 9 nitrogen and oxygen atoms in total. The molecule has 4 fully saturated rings. The molecule has 8 heterocycles. The summed E-state index contributed by atoms with van der Waals surface area (Å²) in [5.41, 5.74) is 2.46. The van der Waals surface area contributed by atoms with Crippen LogP contribution in [0.25, 0.3) is 53.2 Å². The van der Waals surface area contributed by atoms with Gasteiger partial charge in [0.1, 0.15) is 23.4 Å². The van der Waals surface area contributed by atoms with Crippen LogP contribution in [0.3, 0.4) is 0 Å². The second-order valence-electron chi connectivity index (χ2n) is 13.5. The highest BCUT2D eigenvalue weighted by Gasteiger charge is 2.49. The van der Waals surface area contributed by atoms with Gasteiger partial charge in [0.2, 0.25) is 0 Å². The molecule has 0 aliphatic carbocycles. The van der Waals surface area contributed by atoms with Crippen LogP contribution in [0.15, 0.2) is 42.7 Å². The van der Waals surface area contributed by atoms with Gasteiger partial charge in [0.05, 0.1) is 33.0 Å². The lowest BCUT2D eigenvalue weighted by atomic mass is 9.95. The summed E-state index contributed by atoms with van der Waals surface area (Å²) in [6.45, 7) is 3.58. The van der Waals surface area contributed by atoms with Crippen LogP contribution in [0.2, 0.25) is 5.02 Å². The van der Waals surface area contributed by atoms with E-state index in [-0.39, 0.29) is 5.54 Å². The van der Waals surface area contributed by atoms with Crippen molar-refractivity contribution in [2.75, 3.05) is 37.7 Å². The quantitative estimate of drug-likeness (QED) is 0.218. The summed E-state index contributed by atoms with van der Waals surface area (Å²) >= 11 is 8.51. The average molecular weight is 655 g/mol. The van der Waals surface area contributed by atoms with Crippen LogP contribution < -0.4 is 15.0 Å². The number of ether oxygens (including phenoxy) is 1. The summed E-state index contributed by atoms with van der Waals surface area (Å²) in [7, 11) is 0. The highest BCUT2D eigenvalue weighted by atomic mass is 35.5. The SMILES string of the molecule is F[C@H]1CN2CCC[C@@]2(COc2nc(N3C[C@H]4CC[C@@H](C3)N4)c3c(n2)sc2c(-c4c5cn[nH]c5cc5cccc(Cl)c45)nccc23)C1. The molecule has 0 radical (unpaired) electrons. The van der Waals surface area contributed by atoms with Crippen LogP contribution >= 0.6 is 22.9 Å². The van der Waals surface area contributed by atoms with Gasteiger partial charge >= 0.3 is 6.01 Å². The topological polar surface area (TPSA) is 95.1 Å². The van der Waals surface area contributed by atoms with Crippen molar-refractivity contribution in [3.63, 3.8) is 0 Å². The smallest absolute Gasteiger partial charge is 0.319 e. The lowest BCUT2D eigenvalue weighted by Gasteiger charge is -2.34. The van der Waals surface area contributed by atoms with E-state index in [1.807, 2.05) is 24.5 Å². The third kappa shape index (κ3) is 4.11. The van der Waals surface area contributed by atoms with E-state index in [1.54, 1.807) is 11.3 Å². The van der Waals surface area contributed by atoms with E-state index in [2.05, 4.69) is 43.5 Å². The normalized spacial score (nSPS) is 26.3. The van der Waals surface area contributed by atoms with Gasteiger partial charge in [-0.1, -0.05) is 23.7 Å². The van der Waals surface area contributed by atoms with Crippen molar-refractivity contribution in [1.29, 1.82) is 0 Å². The second kappa shape index (κ2) is 10.2. The Labute approximate surface area is 273 Å². The van der Waals surface area contributed by atoms with Crippen LogP contribution in [-0.2, 0) is 0 Å². The predicted octanol–water partition coefficient (Wildman–Crippen LogP) is 6.49. The minimum absolute atomic E-state index is 0.271. The minimum atomic E-state index is -0.808. The number of benzene rings is 2. The Morgan fingerprint density at radius 3 is 2.87 bits per heavy atom. The number of aromatic nitrogens is 5. The second-order valence-corrected chi connectivity index (χ2v) is 14.9. The number of piperazine rings is 1. The number of anilines is 1. The molecule has 0 unspecified atom stereocenters. The lowest BCUT2D eigenvalue weighted by Crippen LogP contribution is -2.51.